The fourth-order valence-corrected chi connectivity index (χ4v) is 5.52. The van der Waals surface area contributed by atoms with Crippen LogP contribution in [0.25, 0.3) is 0 Å². The van der Waals surface area contributed by atoms with Gasteiger partial charge in [-0.25, -0.2) is 13.2 Å². The molecule has 0 N–H and O–H groups in total. The summed E-state index contributed by atoms with van der Waals surface area (Å²) in [7, 11) is -3.56. The van der Waals surface area contributed by atoms with Crippen molar-refractivity contribution in [1.82, 2.24) is 4.31 Å². The number of hydrogen-bond acceptors (Lipinski definition) is 4. The SMILES string of the molecule is O=C1OCc2ccccc2N1CC1CCN(S(=O)(=O)c2cccc(Cl)c2)CC1. The molecule has 6 nitrogen and oxygen atoms in total. The smallest absolute Gasteiger partial charge is 0.414 e. The topological polar surface area (TPSA) is 66.9 Å². The molecule has 0 aliphatic carbocycles. The Hall–Kier alpha value is -2.09. The van der Waals surface area contributed by atoms with E-state index < -0.39 is 10.0 Å². The second kappa shape index (κ2) is 7.73. The Kier molecular flexibility index (Phi) is 5.31. The van der Waals surface area contributed by atoms with E-state index in [4.69, 9.17) is 16.3 Å². The van der Waals surface area contributed by atoms with Gasteiger partial charge in [-0.2, -0.15) is 4.31 Å². The molecule has 2 aliphatic heterocycles. The Balaban J connectivity index is 1.43. The van der Waals surface area contributed by atoms with Crippen molar-refractivity contribution in [3.8, 4) is 0 Å². The lowest BCUT2D eigenvalue weighted by molar-refractivity contribution is 0.139. The molecule has 2 aromatic rings. The second-order valence-electron chi connectivity index (χ2n) is 7.10. The van der Waals surface area contributed by atoms with E-state index >= 15 is 0 Å². The van der Waals surface area contributed by atoms with Gasteiger partial charge in [-0.3, -0.25) is 4.90 Å². The van der Waals surface area contributed by atoms with Crippen LogP contribution in [0.15, 0.2) is 53.4 Å². The molecule has 0 atom stereocenters. The number of carbonyl (C=O) groups is 1. The van der Waals surface area contributed by atoms with Crippen molar-refractivity contribution >= 4 is 33.4 Å². The number of cyclic esters (lactones) is 1. The Labute approximate surface area is 169 Å². The predicted molar refractivity (Wildman–Crippen MR) is 107 cm³/mol. The minimum atomic E-state index is -3.56. The summed E-state index contributed by atoms with van der Waals surface area (Å²) in [5.74, 6) is 0.213. The molecule has 0 unspecified atom stereocenters. The predicted octanol–water partition coefficient (Wildman–Crippen LogP) is 3.90. The van der Waals surface area contributed by atoms with Crippen LogP contribution in [0, 0.1) is 5.92 Å². The maximum Gasteiger partial charge on any atom is 0.414 e. The number of anilines is 1. The summed E-state index contributed by atoms with van der Waals surface area (Å²) in [6.45, 7) is 1.66. The first-order valence-electron chi connectivity index (χ1n) is 9.23. The fraction of sp³-hybridized carbons (Fsp3) is 0.350. The van der Waals surface area contributed by atoms with Crippen molar-refractivity contribution < 1.29 is 17.9 Å². The Morgan fingerprint density at radius 3 is 2.57 bits per heavy atom. The molecule has 0 spiro atoms. The maximum atomic E-state index is 12.8. The maximum absolute atomic E-state index is 12.8. The third kappa shape index (κ3) is 3.74. The summed E-state index contributed by atoms with van der Waals surface area (Å²) in [6, 6.07) is 14.0. The standard InChI is InChI=1S/C20H21ClN2O4S/c21-17-5-3-6-18(12-17)28(25,26)22-10-8-15(9-11-22)13-23-19-7-2-1-4-16(19)14-27-20(23)24/h1-7,12,15H,8-11,13-14H2. The van der Waals surface area contributed by atoms with E-state index in [1.54, 1.807) is 23.1 Å². The zero-order valence-electron chi connectivity index (χ0n) is 15.3. The van der Waals surface area contributed by atoms with Gasteiger partial charge in [-0.1, -0.05) is 35.9 Å². The average Bonchev–Trinajstić information content (AvgIpc) is 2.70. The van der Waals surface area contributed by atoms with E-state index in [9.17, 15) is 13.2 Å². The van der Waals surface area contributed by atoms with Crippen molar-refractivity contribution in [2.75, 3.05) is 24.5 Å². The van der Waals surface area contributed by atoms with E-state index in [0.29, 0.717) is 44.1 Å². The number of halogens is 1. The average molecular weight is 421 g/mol. The highest BCUT2D eigenvalue weighted by Gasteiger charge is 2.33. The number of sulfonamides is 1. The molecule has 2 heterocycles. The first kappa shape index (κ1) is 19.2. The third-order valence-corrected chi connectivity index (χ3v) is 7.43. The van der Waals surface area contributed by atoms with Crippen LogP contribution >= 0.6 is 11.6 Å². The van der Waals surface area contributed by atoms with E-state index in [2.05, 4.69) is 0 Å². The van der Waals surface area contributed by atoms with Crippen LogP contribution in [-0.2, 0) is 21.4 Å². The summed E-state index contributed by atoms with van der Waals surface area (Å²) in [4.78, 5) is 14.1. The van der Waals surface area contributed by atoms with Crippen LogP contribution in [0.5, 0.6) is 0 Å². The van der Waals surface area contributed by atoms with Crippen molar-refractivity contribution in [2.24, 2.45) is 5.92 Å². The number of hydrogen-bond donors (Lipinski definition) is 0. The molecule has 2 aliphatic rings. The van der Waals surface area contributed by atoms with Crippen LogP contribution < -0.4 is 4.90 Å². The molecule has 0 aromatic heterocycles. The first-order chi connectivity index (χ1) is 13.4. The van der Waals surface area contributed by atoms with Gasteiger partial charge in [-0.15, -0.1) is 0 Å². The Bertz CT molecular complexity index is 987. The van der Waals surface area contributed by atoms with E-state index in [1.165, 1.54) is 10.4 Å². The number of nitrogens with zero attached hydrogens (tertiary/aromatic N) is 2. The lowest BCUT2D eigenvalue weighted by Gasteiger charge is -2.35. The quantitative estimate of drug-likeness (QED) is 0.752. The molecule has 2 aromatic carbocycles. The minimum Gasteiger partial charge on any atom is -0.444 e. The summed E-state index contributed by atoms with van der Waals surface area (Å²) >= 11 is 5.94. The molecule has 0 saturated carbocycles. The van der Waals surface area contributed by atoms with E-state index in [1.807, 2.05) is 24.3 Å². The summed E-state index contributed by atoms with van der Waals surface area (Å²) < 4.78 is 32.4. The van der Waals surface area contributed by atoms with E-state index in [-0.39, 0.29) is 16.9 Å². The van der Waals surface area contributed by atoms with Crippen LogP contribution in [-0.4, -0.2) is 38.5 Å². The van der Waals surface area contributed by atoms with Crippen LogP contribution in [0.4, 0.5) is 10.5 Å². The third-order valence-electron chi connectivity index (χ3n) is 5.30. The molecule has 0 bridgehead atoms. The van der Waals surface area contributed by atoms with Crippen molar-refractivity contribution in [2.45, 2.75) is 24.3 Å². The van der Waals surface area contributed by atoms with E-state index in [0.717, 1.165) is 11.3 Å². The largest absolute Gasteiger partial charge is 0.444 e. The highest BCUT2D eigenvalue weighted by atomic mass is 35.5. The van der Waals surface area contributed by atoms with Gasteiger partial charge < -0.3 is 4.74 Å². The van der Waals surface area contributed by atoms with Crippen molar-refractivity contribution in [3.63, 3.8) is 0 Å². The monoisotopic (exact) mass is 420 g/mol. The Morgan fingerprint density at radius 2 is 1.82 bits per heavy atom. The summed E-state index contributed by atoms with van der Waals surface area (Å²) in [6.07, 6.45) is 1.03. The van der Waals surface area contributed by atoms with Gasteiger partial charge >= 0.3 is 6.09 Å². The van der Waals surface area contributed by atoms with Gasteiger partial charge in [0.15, 0.2) is 0 Å². The van der Waals surface area contributed by atoms with Gasteiger partial charge in [0.1, 0.15) is 6.61 Å². The van der Waals surface area contributed by atoms with Gasteiger partial charge in [0, 0.05) is 30.2 Å². The summed E-state index contributed by atoms with van der Waals surface area (Å²) in [5, 5.41) is 0.401. The lowest BCUT2D eigenvalue weighted by Crippen LogP contribution is -2.44. The molecule has 0 radical (unpaired) electrons. The van der Waals surface area contributed by atoms with Crippen LogP contribution in [0.2, 0.25) is 5.02 Å². The number of rotatable bonds is 4. The van der Waals surface area contributed by atoms with Crippen molar-refractivity contribution in [3.05, 3.63) is 59.1 Å². The van der Waals surface area contributed by atoms with Gasteiger partial charge in [0.05, 0.1) is 10.6 Å². The molecule has 1 amide bonds. The number of para-hydroxylation sites is 1. The molecule has 4 rings (SSSR count). The first-order valence-corrected chi connectivity index (χ1v) is 11.0. The molecule has 8 heteroatoms. The van der Waals surface area contributed by atoms with Gasteiger partial charge in [0.25, 0.3) is 0 Å². The minimum absolute atomic E-state index is 0.213. The number of fused-ring (bicyclic) bond motifs is 1. The number of benzene rings is 2. The zero-order chi connectivity index (χ0) is 19.7. The highest BCUT2D eigenvalue weighted by molar-refractivity contribution is 7.89. The lowest BCUT2D eigenvalue weighted by atomic mass is 9.97. The normalized spacial score (nSPS) is 18.6. The number of piperidine rings is 1. The van der Waals surface area contributed by atoms with Crippen LogP contribution in [0.1, 0.15) is 18.4 Å². The zero-order valence-corrected chi connectivity index (χ0v) is 16.8. The van der Waals surface area contributed by atoms with Gasteiger partial charge in [0.2, 0.25) is 10.0 Å². The summed E-state index contributed by atoms with van der Waals surface area (Å²) in [5.41, 5.74) is 1.87. The second-order valence-corrected chi connectivity index (χ2v) is 9.47. The molecular weight excluding hydrogens is 400 g/mol. The fourth-order valence-electron chi connectivity index (χ4n) is 3.75. The molecule has 1 fully saturated rings. The number of amides is 1. The van der Waals surface area contributed by atoms with Crippen LogP contribution in [0.3, 0.4) is 0 Å². The van der Waals surface area contributed by atoms with Gasteiger partial charge in [-0.05, 0) is 43.0 Å². The number of ether oxygens (including phenoxy) is 1. The Morgan fingerprint density at radius 1 is 1.07 bits per heavy atom. The molecule has 28 heavy (non-hydrogen) atoms. The number of carbonyl (C=O) groups excluding carboxylic acids is 1. The van der Waals surface area contributed by atoms with Crippen molar-refractivity contribution in [1.29, 1.82) is 0 Å². The molecular formula is C20H21ClN2O4S. The highest BCUT2D eigenvalue weighted by Crippen LogP contribution is 2.31. The molecule has 148 valence electrons. The molecule has 1 saturated heterocycles.